The molecule has 2 saturated carbocycles. The number of benzene rings is 1. The molecule has 1 aromatic carbocycles. The van der Waals surface area contributed by atoms with E-state index in [1.54, 1.807) is 12.1 Å². The second kappa shape index (κ2) is 9.77. The number of amides is 2. The Labute approximate surface area is 204 Å². The second-order valence-electron chi connectivity index (χ2n) is 9.89. The van der Waals surface area contributed by atoms with E-state index in [1.807, 2.05) is 12.1 Å². The summed E-state index contributed by atoms with van der Waals surface area (Å²) in [6.45, 7) is 3.60. The first-order valence-corrected chi connectivity index (χ1v) is 13.4. The largest absolute Gasteiger partial charge is 0.347 e. The molecule has 1 aromatic heterocycles. The molecule has 5 rings (SSSR count). The third kappa shape index (κ3) is 5.28. The number of rotatable bonds is 7. The summed E-state index contributed by atoms with van der Waals surface area (Å²) < 4.78 is 0.602. The lowest BCUT2D eigenvalue weighted by Gasteiger charge is -2.32. The van der Waals surface area contributed by atoms with Crippen LogP contribution in [0.5, 0.6) is 0 Å². The first-order chi connectivity index (χ1) is 16.0. The van der Waals surface area contributed by atoms with Crippen LogP contribution >= 0.6 is 22.9 Å². The highest BCUT2D eigenvalue weighted by Crippen LogP contribution is 2.49. The summed E-state index contributed by atoms with van der Waals surface area (Å²) in [4.78, 5) is 28.8. The number of carbonyl (C=O) groups excluding carboxylic acids is 2. The minimum absolute atomic E-state index is 0.0590. The molecule has 0 spiro atoms. The van der Waals surface area contributed by atoms with Crippen molar-refractivity contribution < 1.29 is 9.59 Å². The average molecular weight is 486 g/mol. The fourth-order valence-corrected chi connectivity index (χ4v) is 6.38. The Hall–Kier alpha value is -1.89. The third-order valence-electron chi connectivity index (χ3n) is 7.53. The Morgan fingerprint density at radius 1 is 0.909 bits per heavy atom. The summed E-state index contributed by atoms with van der Waals surface area (Å²) in [6.07, 6.45) is 8.97. The summed E-state index contributed by atoms with van der Waals surface area (Å²) in [6, 6.07) is 11.6. The van der Waals surface area contributed by atoms with Gasteiger partial charge in [-0.15, -0.1) is 11.3 Å². The van der Waals surface area contributed by atoms with Crippen LogP contribution in [0.25, 0.3) is 0 Å². The highest BCUT2D eigenvalue weighted by molar-refractivity contribution is 7.18. The molecule has 7 heteroatoms. The Balaban J connectivity index is 1.20. The quantitative estimate of drug-likeness (QED) is 0.580. The molecule has 5 nitrogen and oxygen atoms in total. The van der Waals surface area contributed by atoms with Crippen LogP contribution in [0.2, 0.25) is 4.34 Å². The molecular formula is C26H32ClN3O2S. The van der Waals surface area contributed by atoms with Gasteiger partial charge in [0.2, 0.25) is 0 Å². The lowest BCUT2D eigenvalue weighted by atomic mass is 9.89. The van der Waals surface area contributed by atoms with Crippen molar-refractivity contribution in [1.82, 2.24) is 15.5 Å². The van der Waals surface area contributed by atoms with E-state index in [0.717, 1.165) is 32.2 Å². The summed E-state index contributed by atoms with van der Waals surface area (Å²) in [5, 5.41) is 6.32. The van der Waals surface area contributed by atoms with Crippen LogP contribution in [0, 0.1) is 0 Å². The van der Waals surface area contributed by atoms with Gasteiger partial charge in [-0.3, -0.25) is 9.59 Å². The number of nitrogens with one attached hydrogen (secondary N) is 2. The van der Waals surface area contributed by atoms with Crippen molar-refractivity contribution in [2.75, 3.05) is 19.6 Å². The molecule has 0 unspecified atom stereocenters. The molecule has 33 heavy (non-hydrogen) atoms. The van der Waals surface area contributed by atoms with Gasteiger partial charge in [-0.2, -0.15) is 0 Å². The number of carbonyl (C=O) groups is 2. The Kier molecular flexibility index (Phi) is 6.77. The number of likely N-dealkylation sites (tertiary alicyclic amines) is 1. The third-order valence-corrected chi connectivity index (χ3v) is 8.76. The first kappa shape index (κ1) is 22.9. The topological polar surface area (TPSA) is 61.4 Å². The average Bonchev–Trinajstić information content (AvgIpc) is 3.18. The first-order valence-electron chi connectivity index (χ1n) is 12.2. The van der Waals surface area contributed by atoms with E-state index >= 15 is 0 Å². The van der Waals surface area contributed by atoms with E-state index in [-0.39, 0.29) is 23.9 Å². The van der Waals surface area contributed by atoms with Crippen LogP contribution < -0.4 is 10.6 Å². The predicted octanol–water partition coefficient (Wildman–Crippen LogP) is 5.00. The minimum atomic E-state index is -0.116. The van der Waals surface area contributed by atoms with Gasteiger partial charge < -0.3 is 15.5 Å². The summed E-state index contributed by atoms with van der Waals surface area (Å²) in [7, 11) is 0. The maximum absolute atomic E-state index is 13.0. The fourth-order valence-electron chi connectivity index (χ4n) is 5.44. The van der Waals surface area contributed by atoms with Gasteiger partial charge in [0, 0.05) is 29.6 Å². The fraction of sp³-hybridized carbons (Fsp3) is 0.538. The molecule has 0 radical (unpaired) electrons. The van der Waals surface area contributed by atoms with Crippen molar-refractivity contribution in [2.45, 2.75) is 68.9 Å². The van der Waals surface area contributed by atoms with Gasteiger partial charge in [0.25, 0.3) is 11.8 Å². The van der Waals surface area contributed by atoms with Crippen molar-refractivity contribution in [1.29, 1.82) is 0 Å². The minimum Gasteiger partial charge on any atom is -0.347 e. The van der Waals surface area contributed by atoms with Gasteiger partial charge in [0.05, 0.1) is 9.21 Å². The van der Waals surface area contributed by atoms with Gasteiger partial charge in [0.15, 0.2) is 0 Å². The lowest BCUT2D eigenvalue weighted by Crippen LogP contribution is -2.53. The number of hydrogen-bond donors (Lipinski definition) is 2. The molecule has 176 valence electrons. The molecule has 2 N–H and O–H groups in total. The van der Waals surface area contributed by atoms with Gasteiger partial charge >= 0.3 is 0 Å². The van der Waals surface area contributed by atoms with Crippen molar-refractivity contribution in [3.05, 3.63) is 56.7 Å². The van der Waals surface area contributed by atoms with Crippen LogP contribution in [0.1, 0.15) is 77.0 Å². The SMILES string of the molecule is O=C(N[C@H]1CCCC[C@H]1NC(=O)c1ccc(Cl)s1)c1ccc(C2(CN3CCCC3)CC2)cc1. The summed E-state index contributed by atoms with van der Waals surface area (Å²) >= 11 is 7.25. The van der Waals surface area contributed by atoms with E-state index in [1.165, 1.54) is 55.7 Å². The maximum Gasteiger partial charge on any atom is 0.261 e. The van der Waals surface area contributed by atoms with Gasteiger partial charge in [0.1, 0.15) is 0 Å². The Bertz CT molecular complexity index is 995. The Morgan fingerprint density at radius 3 is 2.12 bits per heavy atom. The van der Waals surface area contributed by atoms with E-state index in [4.69, 9.17) is 11.6 Å². The van der Waals surface area contributed by atoms with Gasteiger partial charge in [-0.25, -0.2) is 0 Å². The number of halogens is 1. The summed E-state index contributed by atoms with van der Waals surface area (Å²) in [5.41, 5.74) is 2.35. The molecule has 0 bridgehead atoms. The van der Waals surface area contributed by atoms with Crippen molar-refractivity contribution in [3.8, 4) is 0 Å². The van der Waals surface area contributed by atoms with E-state index in [0.29, 0.717) is 20.2 Å². The molecular weight excluding hydrogens is 454 g/mol. The number of hydrogen-bond acceptors (Lipinski definition) is 4. The molecule has 3 aliphatic rings. The van der Waals surface area contributed by atoms with Crippen molar-refractivity contribution in [3.63, 3.8) is 0 Å². The molecule has 2 aliphatic carbocycles. The van der Waals surface area contributed by atoms with Gasteiger partial charge in [-0.05, 0) is 81.4 Å². The molecule has 3 fully saturated rings. The van der Waals surface area contributed by atoms with Gasteiger partial charge in [-0.1, -0.05) is 36.6 Å². The second-order valence-corrected chi connectivity index (χ2v) is 11.6. The maximum atomic E-state index is 13.0. The molecule has 2 aromatic rings. The molecule has 2 amide bonds. The van der Waals surface area contributed by atoms with Crippen LogP contribution in [0.4, 0.5) is 0 Å². The number of thiophene rings is 1. The number of nitrogens with zero attached hydrogens (tertiary/aromatic N) is 1. The van der Waals surface area contributed by atoms with Crippen LogP contribution in [-0.4, -0.2) is 48.4 Å². The molecule has 2 atom stereocenters. The zero-order valence-corrected chi connectivity index (χ0v) is 20.5. The van der Waals surface area contributed by atoms with Crippen molar-refractivity contribution >= 4 is 34.8 Å². The van der Waals surface area contributed by atoms with Crippen molar-refractivity contribution in [2.24, 2.45) is 0 Å². The van der Waals surface area contributed by atoms with E-state index in [2.05, 4.69) is 27.7 Å². The van der Waals surface area contributed by atoms with E-state index in [9.17, 15) is 9.59 Å². The standard InChI is InChI=1S/C26H32ClN3O2S/c27-23-12-11-22(33-23)25(32)29-21-6-2-1-5-20(21)28-24(31)18-7-9-19(10-8-18)26(13-14-26)17-30-15-3-4-16-30/h7-12,20-21H,1-6,13-17H2,(H,28,31)(H,29,32)/t20-,21+/m0/s1. The van der Waals surface area contributed by atoms with Crippen LogP contribution in [-0.2, 0) is 5.41 Å². The lowest BCUT2D eigenvalue weighted by molar-refractivity contribution is 0.0865. The predicted molar refractivity (Wildman–Crippen MR) is 133 cm³/mol. The monoisotopic (exact) mass is 485 g/mol. The summed E-state index contributed by atoms with van der Waals surface area (Å²) in [5.74, 6) is -0.175. The van der Waals surface area contributed by atoms with E-state index < -0.39 is 0 Å². The van der Waals surface area contributed by atoms with Crippen LogP contribution in [0.15, 0.2) is 36.4 Å². The molecule has 1 aliphatic heterocycles. The zero-order chi connectivity index (χ0) is 22.8. The smallest absolute Gasteiger partial charge is 0.261 e. The highest BCUT2D eigenvalue weighted by atomic mass is 35.5. The molecule has 1 saturated heterocycles. The zero-order valence-electron chi connectivity index (χ0n) is 18.9. The molecule has 2 heterocycles. The highest BCUT2D eigenvalue weighted by Gasteiger charge is 2.45. The normalized spacial score (nSPS) is 24.4. The Morgan fingerprint density at radius 2 is 1.55 bits per heavy atom. The van der Waals surface area contributed by atoms with Crippen LogP contribution in [0.3, 0.4) is 0 Å².